The Hall–Kier alpha value is -0.810. The lowest BCUT2D eigenvalue weighted by atomic mass is 9.93. The minimum Gasteiger partial charge on any atom is -0.375 e. The van der Waals surface area contributed by atoms with E-state index < -0.39 is 0 Å². The van der Waals surface area contributed by atoms with Gasteiger partial charge in [-0.1, -0.05) is 40.0 Å². The van der Waals surface area contributed by atoms with Crippen molar-refractivity contribution in [1.82, 2.24) is 9.80 Å². The van der Waals surface area contributed by atoms with Crippen molar-refractivity contribution in [2.75, 3.05) is 39.9 Å². The van der Waals surface area contributed by atoms with Crippen LogP contribution in [0.25, 0.3) is 0 Å². The minimum atomic E-state index is -0.176. The molecule has 1 aliphatic heterocycles. The van der Waals surface area contributed by atoms with Gasteiger partial charge < -0.3 is 19.3 Å². The SMILES string of the molecule is CCCCC(C)(CC)N=C1N(C)CCN1CCOC(C)(C)CCOC(C)(C)CCC. The monoisotopic (exact) mass is 425 g/mol. The summed E-state index contributed by atoms with van der Waals surface area (Å²) < 4.78 is 12.4. The van der Waals surface area contributed by atoms with Crippen LogP contribution in [0, 0.1) is 0 Å². The van der Waals surface area contributed by atoms with Crippen molar-refractivity contribution in [1.29, 1.82) is 0 Å². The summed E-state index contributed by atoms with van der Waals surface area (Å²) in [6.07, 6.45) is 7.84. The van der Waals surface area contributed by atoms with Crippen LogP contribution in [-0.4, -0.2) is 72.4 Å². The Kier molecular flexibility index (Phi) is 11.1. The zero-order chi connectivity index (χ0) is 22.8. The van der Waals surface area contributed by atoms with E-state index >= 15 is 0 Å². The van der Waals surface area contributed by atoms with Gasteiger partial charge in [0.05, 0.1) is 30.0 Å². The Morgan fingerprint density at radius 3 is 2.07 bits per heavy atom. The smallest absolute Gasteiger partial charge is 0.197 e. The molecule has 1 saturated heterocycles. The zero-order valence-electron chi connectivity index (χ0n) is 21.6. The number of nitrogens with zero attached hydrogens (tertiary/aromatic N) is 3. The highest BCUT2D eigenvalue weighted by Gasteiger charge is 2.29. The van der Waals surface area contributed by atoms with Crippen molar-refractivity contribution in [2.45, 2.75) is 117 Å². The summed E-state index contributed by atoms with van der Waals surface area (Å²) >= 11 is 0. The van der Waals surface area contributed by atoms with Gasteiger partial charge in [0.25, 0.3) is 0 Å². The molecular formula is C25H51N3O2. The molecular weight excluding hydrogens is 374 g/mol. The lowest BCUT2D eigenvalue weighted by Crippen LogP contribution is -2.39. The number of rotatable bonds is 15. The second kappa shape index (κ2) is 12.3. The number of aliphatic imine (C=N–C) groups is 1. The number of hydrogen-bond acceptors (Lipinski definition) is 3. The Balaban J connectivity index is 2.56. The summed E-state index contributed by atoms with van der Waals surface area (Å²) in [7, 11) is 2.16. The van der Waals surface area contributed by atoms with Gasteiger partial charge in [-0.05, 0) is 60.3 Å². The van der Waals surface area contributed by atoms with Gasteiger partial charge in [-0.3, -0.25) is 0 Å². The number of hydrogen-bond donors (Lipinski definition) is 0. The van der Waals surface area contributed by atoms with Crippen LogP contribution in [-0.2, 0) is 9.47 Å². The molecule has 0 radical (unpaired) electrons. The quantitative estimate of drug-likeness (QED) is 0.336. The Morgan fingerprint density at radius 2 is 1.47 bits per heavy atom. The summed E-state index contributed by atoms with van der Waals surface area (Å²) in [5.74, 6) is 1.14. The van der Waals surface area contributed by atoms with Gasteiger partial charge in [0, 0.05) is 26.7 Å². The highest BCUT2D eigenvalue weighted by atomic mass is 16.5. The predicted octanol–water partition coefficient (Wildman–Crippen LogP) is 5.73. The van der Waals surface area contributed by atoms with Gasteiger partial charge in [-0.15, -0.1) is 0 Å². The molecule has 0 saturated carbocycles. The first-order valence-electron chi connectivity index (χ1n) is 12.3. The second-order valence-electron chi connectivity index (χ2n) is 10.5. The van der Waals surface area contributed by atoms with E-state index in [0.29, 0.717) is 0 Å². The molecule has 1 heterocycles. The van der Waals surface area contributed by atoms with E-state index in [-0.39, 0.29) is 16.7 Å². The van der Waals surface area contributed by atoms with Gasteiger partial charge in [-0.2, -0.15) is 0 Å². The summed E-state index contributed by atoms with van der Waals surface area (Å²) in [5.41, 5.74) is -0.185. The van der Waals surface area contributed by atoms with Crippen LogP contribution in [0.1, 0.15) is 100 Å². The molecule has 0 aliphatic carbocycles. The maximum atomic E-state index is 6.28. The molecule has 5 nitrogen and oxygen atoms in total. The zero-order valence-corrected chi connectivity index (χ0v) is 21.6. The third kappa shape index (κ3) is 9.55. The summed E-state index contributed by atoms with van der Waals surface area (Å²) in [6.45, 7) is 22.2. The van der Waals surface area contributed by atoms with Crippen LogP contribution < -0.4 is 0 Å². The molecule has 0 aromatic rings. The lowest BCUT2D eigenvalue weighted by Gasteiger charge is -2.31. The molecule has 0 aromatic heterocycles. The van der Waals surface area contributed by atoms with E-state index in [1.807, 2.05) is 0 Å². The van der Waals surface area contributed by atoms with Gasteiger partial charge in [0.2, 0.25) is 0 Å². The molecule has 178 valence electrons. The Morgan fingerprint density at radius 1 is 0.833 bits per heavy atom. The number of unbranched alkanes of at least 4 members (excludes halogenated alkanes) is 1. The van der Waals surface area contributed by atoms with E-state index in [4.69, 9.17) is 14.5 Å². The highest BCUT2D eigenvalue weighted by molar-refractivity contribution is 5.82. The third-order valence-electron chi connectivity index (χ3n) is 6.43. The van der Waals surface area contributed by atoms with Gasteiger partial charge in [-0.25, -0.2) is 4.99 Å². The maximum absolute atomic E-state index is 6.28. The van der Waals surface area contributed by atoms with E-state index in [2.05, 4.69) is 72.2 Å². The van der Waals surface area contributed by atoms with Crippen LogP contribution in [0.3, 0.4) is 0 Å². The average molecular weight is 426 g/mol. The largest absolute Gasteiger partial charge is 0.375 e. The van der Waals surface area contributed by atoms with Crippen LogP contribution >= 0.6 is 0 Å². The van der Waals surface area contributed by atoms with Crippen LogP contribution in [0.15, 0.2) is 4.99 Å². The molecule has 30 heavy (non-hydrogen) atoms. The molecule has 1 aliphatic rings. The van der Waals surface area contributed by atoms with E-state index in [1.54, 1.807) is 0 Å². The fourth-order valence-corrected chi connectivity index (χ4v) is 3.94. The van der Waals surface area contributed by atoms with Crippen molar-refractivity contribution >= 4 is 5.96 Å². The standard InChI is InChI=1S/C25H51N3O2/c1-10-13-15-25(8,12-3)26-22-27(9)17-18-28(22)19-21-30-24(6,7)16-20-29-23(4,5)14-11-2/h10-21H2,1-9H3. The van der Waals surface area contributed by atoms with Gasteiger partial charge >= 0.3 is 0 Å². The predicted molar refractivity (Wildman–Crippen MR) is 129 cm³/mol. The summed E-state index contributed by atoms with van der Waals surface area (Å²) in [4.78, 5) is 9.93. The first kappa shape index (κ1) is 27.2. The molecule has 0 N–H and O–H groups in total. The highest BCUT2D eigenvalue weighted by Crippen LogP contribution is 2.25. The molecule has 1 rings (SSSR count). The Labute approximate surface area is 187 Å². The van der Waals surface area contributed by atoms with Crippen molar-refractivity contribution < 1.29 is 9.47 Å². The molecule has 1 atom stereocenters. The fourth-order valence-electron chi connectivity index (χ4n) is 3.94. The molecule has 0 bridgehead atoms. The number of guanidine groups is 1. The molecule has 1 fully saturated rings. The third-order valence-corrected chi connectivity index (χ3v) is 6.43. The van der Waals surface area contributed by atoms with Crippen molar-refractivity contribution in [3.63, 3.8) is 0 Å². The Bertz CT molecular complexity index is 519. The van der Waals surface area contributed by atoms with Crippen molar-refractivity contribution in [3.05, 3.63) is 0 Å². The molecule has 0 aromatic carbocycles. The van der Waals surface area contributed by atoms with Gasteiger partial charge in [0.1, 0.15) is 0 Å². The van der Waals surface area contributed by atoms with Crippen LogP contribution in [0.5, 0.6) is 0 Å². The van der Waals surface area contributed by atoms with E-state index in [0.717, 1.165) is 70.9 Å². The maximum Gasteiger partial charge on any atom is 0.197 e. The summed E-state index contributed by atoms with van der Waals surface area (Å²) in [6, 6.07) is 0. The van der Waals surface area contributed by atoms with E-state index in [9.17, 15) is 0 Å². The van der Waals surface area contributed by atoms with Crippen LogP contribution in [0.2, 0.25) is 0 Å². The lowest BCUT2D eigenvalue weighted by molar-refractivity contribution is -0.0755. The van der Waals surface area contributed by atoms with Crippen molar-refractivity contribution in [3.8, 4) is 0 Å². The fraction of sp³-hybridized carbons (Fsp3) is 0.960. The molecule has 0 amide bonds. The number of ether oxygens (including phenoxy) is 2. The first-order chi connectivity index (χ1) is 14.0. The topological polar surface area (TPSA) is 37.3 Å². The number of likely N-dealkylation sites (N-methyl/N-ethyl adjacent to an activating group) is 1. The molecule has 0 spiro atoms. The normalized spacial score (nSPS) is 19.0. The van der Waals surface area contributed by atoms with Crippen LogP contribution in [0.4, 0.5) is 0 Å². The van der Waals surface area contributed by atoms with E-state index in [1.165, 1.54) is 12.8 Å². The average Bonchev–Trinajstić information content (AvgIpc) is 2.99. The molecule has 5 heteroatoms. The summed E-state index contributed by atoms with van der Waals surface area (Å²) in [5, 5.41) is 0. The minimum absolute atomic E-state index is 0.0327. The van der Waals surface area contributed by atoms with Gasteiger partial charge in [0.15, 0.2) is 5.96 Å². The first-order valence-corrected chi connectivity index (χ1v) is 12.3. The second-order valence-corrected chi connectivity index (χ2v) is 10.5. The molecule has 1 unspecified atom stereocenters. The van der Waals surface area contributed by atoms with Crippen molar-refractivity contribution in [2.24, 2.45) is 4.99 Å².